The summed E-state index contributed by atoms with van der Waals surface area (Å²) in [6.45, 7) is 1.60. The van der Waals surface area contributed by atoms with E-state index in [1.165, 1.54) is 7.11 Å². The first kappa shape index (κ1) is 14.0. The van der Waals surface area contributed by atoms with Crippen LogP contribution >= 0.6 is 0 Å². The Balaban J connectivity index is 2.67. The fraction of sp³-hybridized carbons (Fsp3) is 0.333. The molecular formula is C12H16N2O4. The molecule has 6 nitrogen and oxygen atoms in total. The highest BCUT2D eigenvalue weighted by Gasteiger charge is 2.06. The molecule has 0 aliphatic rings. The normalized spacial score (nSPS) is 9.72. The molecule has 0 bridgehead atoms. The lowest BCUT2D eigenvalue weighted by atomic mass is 10.2. The third kappa shape index (κ3) is 4.06. The predicted octanol–water partition coefficient (Wildman–Crippen LogP) is 0.444. The van der Waals surface area contributed by atoms with Crippen LogP contribution in [0.15, 0.2) is 18.2 Å². The van der Waals surface area contributed by atoms with Gasteiger partial charge in [0.15, 0.2) is 6.61 Å². The number of benzene rings is 1. The van der Waals surface area contributed by atoms with E-state index in [1.54, 1.807) is 18.2 Å². The van der Waals surface area contributed by atoms with E-state index in [1.807, 2.05) is 6.92 Å². The van der Waals surface area contributed by atoms with Crippen molar-refractivity contribution >= 4 is 17.6 Å². The minimum Gasteiger partial charge on any atom is -0.482 e. The van der Waals surface area contributed by atoms with E-state index in [0.717, 1.165) is 5.56 Å². The SMILES string of the molecule is COC(=O)COc1ccc(NC(=O)CN)c(C)c1. The zero-order valence-corrected chi connectivity index (χ0v) is 10.4. The van der Waals surface area contributed by atoms with Gasteiger partial charge < -0.3 is 20.5 Å². The Kier molecular flexibility index (Phi) is 5.13. The number of hydrogen-bond donors (Lipinski definition) is 2. The highest BCUT2D eigenvalue weighted by Crippen LogP contribution is 2.21. The predicted molar refractivity (Wildman–Crippen MR) is 66.4 cm³/mol. The molecule has 0 saturated heterocycles. The topological polar surface area (TPSA) is 90.6 Å². The van der Waals surface area contributed by atoms with Gasteiger partial charge in [0.05, 0.1) is 13.7 Å². The van der Waals surface area contributed by atoms with Crippen molar-refractivity contribution in [3.8, 4) is 5.75 Å². The van der Waals surface area contributed by atoms with Gasteiger partial charge in [0.1, 0.15) is 5.75 Å². The molecule has 3 N–H and O–H groups in total. The summed E-state index contributed by atoms with van der Waals surface area (Å²) in [4.78, 5) is 22.0. The van der Waals surface area contributed by atoms with Crippen LogP contribution in [0.2, 0.25) is 0 Å². The molecule has 98 valence electrons. The summed E-state index contributed by atoms with van der Waals surface area (Å²) in [7, 11) is 1.29. The maximum atomic E-state index is 11.1. The number of carbonyl (C=O) groups is 2. The van der Waals surface area contributed by atoms with Crippen LogP contribution in [0, 0.1) is 6.92 Å². The van der Waals surface area contributed by atoms with Crippen molar-refractivity contribution in [3.63, 3.8) is 0 Å². The zero-order valence-electron chi connectivity index (χ0n) is 10.4. The molecule has 0 aliphatic heterocycles. The number of ether oxygens (including phenoxy) is 2. The summed E-state index contributed by atoms with van der Waals surface area (Å²) < 4.78 is 9.67. The van der Waals surface area contributed by atoms with Gasteiger partial charge in [-0.1, -0.05) is 0 Å². The van der Waals surface area contributed by atoms with Gasteiger partial charge in [-0.05, 0) is 30.7 Å². The second-order valence-corrected chi connectivity index (χ2v) is 3.59. The number of esters is 1. The van der Waals surface area contributed by atoms with E-state index in [-0.39, 0.29) is 19.1 Å². The van der Waals surface area contributed by atoms with Gasteiger partial charge in [-0.15, -0.1) is 0 Å². The first-order valence-electron chi connectivity index (χ1n) is 5.37. The molecule has 0 heterocycles. The van der Waals surface area contributed by atoms with Gasteiger partial charge in [0.25, 0.3) is 0 Å². The average molecular weight is 252 g/mol. The summed E-state index contributed by atoms with van der Waals surface area (Å²) in [5.74, 6) is -0.182. The van der Waals surface area contributed by atoms with Crippen molar-refractivity contribution in [2.24, 2.45) is 5.73 Å². The molecule has 18 heavy (non-hydrogen) atoms. The smallest absolute Gasteiger partial charge is 0.343 e. The molecule has 0 aromatic heterocycles. The third-order valence-corrected chi connectivity index (χ3v) is 2.24. The van der Waals surface area contributed by atoms with Crippen LogP contribution in [0.5, 0.6) is 5.75 Å². The number of aryl methyl sites for hydroxylation is 1. The first-order valence-corrected chi connectivity index (χ1v) is 5.37. The molecule has 1 amide bonds. The molecular weight excluding hydrogens is 236 g/mol. The number of amides is 1. The number of nitrogens with two attached hydrogens (primary N) is 1. The number of anilines is 1. The fourth-order valence-corrected chi connectivity index (χ4v) is 1.27. The molecule has 0 spiro atoms. The Hall–Kier alpha value is -2.08. The second kappa shape index (κ2) is 6.61. The van der Waals surface area contributed by atoms with E-state index < -0.39 is 5.97 Å². The van der Waals surface area contributed by atoms with Crippen LogP contribution in [0.3, 0.4) is 0 Å². The fourth-order valence-electron chi connectivity index (χ4n) is 1.27. The first-order chi connectivity index (χ1) is 8.56. The maximum Gasteiger partial charge on any atom is 0.343 e. The Morgan fingerprint density at radius 3 is 2.67 bits per heavy atom. The summed E-state index contributed by atoms with van der Waals surface area (Å²) in [5, 5.41) is 2.65. The maximum absolute atomic E-state index is 11.1. The van der Waals surface area contributed by atoms with E-state index in [2.05, 4.69) is 10.1 Å². The standard InChI is InChI=1S/C12H16N2O4/c1-8-5-9(18-7-12(16)17-2)3-4-10(8)14-11(15)6-13/h3-5H,6-7,13H2,1-2H3,(H,14,15). The molecule has 0 fully saturated rings. The highest BCUT2D eigenvalue weighted by atomic mass is 16.6. The molecule has 0 unspecified atom stereocenters. The molecule has 0 aliphatic carbocycles. The number of nitrogens with one attached hydrogen (secondary N) is 1. The van der Waals surface area contributed by atoms with Crippen molar-refractivity contribution in [3.05, 3.63) is 23.8 Å². The lowest BCUT2D eigenvalue weighted by Gasteiger charge is -2.10. The van der Waals surface area contributed by atoms with E-state index in [0.29, 0.717) is 11.4 Å². The number of rotatable bonds is 5. The van der Waals surface area contributed by atoms with Gasteiger partial charge in [0.2, 0.25) is 5.91 Å². The number of hydrogen-bond acceptors (Lipinski definition) is 5. The summed E-state index contributed by atoms with van der Waals surface area (Å²) in [6, 6.07) is 5.06. The van der Waals surface area contributed by atoms with Crippen LogP contribution in [0.25, 0.3) is 0 Å². The minimum atomic E-state index is -0.451. The highest BCUT2D eigenvalue weighted by molar-refractivity contribution is 5.92. The van der Waals surface area contributed by atoms with E-state index in [9.17, 15) is 9.59 Å². The lowest BCUT2D eigenvalue weighted by molar-refractivity contribution is -0.142. The zero-order chi connectivity index (χ0) is 13.5. The van der Waals surface area contributed by atoms with Crippen LogP contribution < -0.4 is 15.8 Å². The molecule has 1 rings (SSSR count). The van der Waals surface area contributed by atoms with Gasteiger partial charge in [-0.2, -0.15) is 0 Å². The van der Waals surface area contributed by atoms with Crippen molar-refractivity contribution in [2.45, 2.75) is 6.92 Å². The molecule has 1 aromatic rings. The Morgan fingerprint density at radius 2 is 2.11 bits per heavy atom. The summed E-state index contributed by atoms with van der Waals surface area (Å²) in [5.41, 5.74) is 6.69. The lowest BCUT2D eigenvalue weighted by Crippen LogP contribution is -2.22. The molecule has 0 saturated carbocycles. The van der Waals surface area contributed by atoms with Crippen molar-refractivity contribution in [1.29, 1.82) is 0 Å². The Labute approximate surface area is 105 Å². The largest absolute Gasteiger partial charge is 0.482 e. The summed E-state index contributed by atoms with van der Waals surface area (Å²) >= 11 is 0. The van der Waals surface area contributed by atoms with E-state index >= 15 is 0 Å². The van der Waals surface area contributed by atoms with Gasteiger partial charge in [-0.25, -0.2) is 4.79 Å². The van der Waals surface area contributed by atoms with Crippen LogP contribution in [-0.4, -0.2) is 32.1 Å². The molecule has 1 aromatic carbocycles. The molecule has 0 atom stereocenters. The van der Waals surface area contributed by atoms with Crippen molar-refractivity contribution in [2.75, 3.05) is 25.6 Å². The quantitative estimate of drug-likeness (QED) is 0.742. The number of methoxy groups -OCH3 is 1. The van der Waals surface area contributed by atoms with Crippen molar-refractivity contribution < 1.29 is 19.1 Å². The second-order valence-electron chi connectivity index (χ2n) is 3.59. The Morgan fingerprint density at radius 1 is 1.39 bits per heavy atom. The monoisotopic (exact) mass is 252 g/mol. The molecule has 0 radical (unpaired) electrons. The summed E-state index contributed by atoms with van der Waals surface area (Å²) in [6.07, 6.45) is 0. The van der Waals surface area contributed by atoms with Crippen LogP contribution in [-0.2, 0) is 14.3 Å². The average Bonchev–Trinajstić information content (AvgIpc) is 2.38. The van der Waals surface area contributed by atoms with Crippen LogP contribution in [0.1, 0.15) is 5.56 Å². The molecule has 6 heteroatoms. The number of carbonyl (C=O) groups excluding carboxylic acids is 2. The van der Waals surface area contributed by atoms with Crippen LogP contribution in [0.4, 0.5) is 5.69 Å². The van der Waals surface area contributed by atoms with E-state index in [4.69, 9.17) is 10.5 Å². The van der Waals surface area contributed by atoms with Gasteiger partial charge >= 0.3 is 5.97 Å². The van der Waals surface area contributed by atoms with Crippen molar-refractivity contribution in [1.82, 2.24) is 0 Å². The Bertz CT molecular complexity index is 446. The van der Waals surface area contributed by atoms with Gasteiger partial charge in [0, 0.05) is 5.69 Å². The van der Waals surface area contributed by atoms with Gasteiger partial charge in [-0.3, -0.25) is 4.79 Å². The third-order valence-electron chi connectivity index (χ3n) is 2.24. The minimum absolute atomic E-state index is 0.0694.